The molecule has 4 rings (SSSR count). The van der Waals surface area contributed by atoms with Crippen molar-refractivity contribution in [3.63, 3.8) is 0 Å². The van der Waals surface area contributed by atoms with Gasteiger partial charge >= 0.3 is 0 Å². The van der Waals surface area contributed by atoms with E-state index >= 15 is 0 Å². The molecule has 8 heteroatoms. The number of halogens is 1. The van der Waals surface area contributed by atoms with E-state index in [9.17, 15) is 9.50 Å². The molecule has 1 aliphatic heterocycles. The van der Waals surface area contributed by atoms with E-state index in [1.54, 1.807) is 12.1 Å². The molecular weight excluding hydrogens is 287 g/mol. The predicted octanol–water partition coefficient (Wildman–Crippen LogP) is 0.985. The zero-order chi connectivity index (χ0) is 15.2. The number of fused-ring (bicyclic) bond motifs is 1. The van der Waals surface area contributed by atoms with Gasteiger partial charge in [-0.1, -0.05) is 6.07 Å². The lowest BCUT2D eigenvalue weighted by Crippen LogP contribution is -2.31. The number of hydrogen-bond donors (Lipinski definition) is 2. The number of aromatic amines is 1. The Bertz CT molecular complexity index is 818. The Kier molecular flexibility index (Phi) is 2.80. The SMILES string of the molecule is O[C@]1(c2cn[nH]n2)CCN(c2ncnc3cccc(F)c23)C1. The number of H-pyrrole nitrogens is 1. The number of hydrogen-bond acceptors (Lipinski definition) is 6. The molecular formula is C14H13FN6O. The predicted molar refractivity (Wildman–Crippen MR) is 76.6 cm³/mol. The molecule has 112 valence electrons. The van der Waals surface area contributed by atoms with Gasteiger partial charge in [-0.05, 0) is 12.1 Å². The smallest absolute Gasteiger partial charge is 0.142 e. The number of aromatic nitrogens is 5. The molecule has 0 unspecified atom stereocenters. The minimum absolute atomic E-state index is 0.278. The highest BCUT2D eigenvalue weighted by Crippen LogP contribution is 2.35. The zero-order valence-electron chi connectivity index (χ0n) is 11.6. The van der Waals surface area contributed by atoms with Gasteiger partial charge in [0.05, 0.1) is 23.6 Å². The van der Waals surface area contributed by atoms with Crippen molar-refractivity contribution in [2.45, 2.75) is 12.0 Å². The van der Waals surface area contributed by atoms with Gasteiger partial charge in [0.1, 0.15) is 29.3 Å². The average Bonchev–Trinajstić information content (AvgIpc) is 3.17. The maximum atomic E-state index is 14.2. The van der Waals surface area contributed by atoms with Crippen molar-refractivity contribution in [1.29, 1.82) is 0 Å². The molecule has 7 nitrogen and oxygen atoms in total. The van der Waals surface area contributed by atoms with Crippen LogP contribution in [0.1, 0.15) is 12.1 Å². The molecule has 3 aromatic rings. The van der Waals surface area contributed by atoms with Crippen LogP contribution in [0.25, 0.3) is 10.9 Å². The van der Waals surface area contributed by atoms with Crippen LogP contribution in [0.3, 0.4) is 0 Å². The normalized spacial score (nSPS) is 21.6. The summed E-state index contributed by atoms with van der Waals surface area (Å²) in [5.41, 5.74) is -0.0917. The molecule has 2 N–H and O–H groups in total. The first-order valence-electron chi connectivity index (χ1n) is 6.90. The molecule has 1 saturated heterocycles. The Hall–Kier alpha value is -2.61. The number of aliphatic hydroxyl groups is 1. The molecule has 0 amide bonds. The number of nitrogens with zero attached hydrogens (tertiary/aromatic N) is 5. The van der Waals surface area contributed by atoms with Crippen molar-refractivity contribution >= 4 is 16.7 Å². The van der Waals surface area contributed by atoms with Gasteiger partial charge in [-0.15, -0.1) is 0 Å². The third kappa shape index (κ3) is 1.92. The molecule has 0 radical (unpaired) electrons. The molecule has 3 heterocycles. The monoisotopic (exact) mass is 300 g/mol. The molecule has 0 aliphatic carbocycles. The lowest BCUT2D eigenvalue weighted by atomic mass is 10.00. The molecule has 1 aliphatic rings. The van der Waals surface area contributed by atoms with Gasteiger partial charge in [0.2, 0.25) is 0 Å². The summed E-state index contributed by atoms with van der Waals surface area (Å²) in [4.78, 5) is 10.2. The standard InChI is InChI=1S/C14H13FN6O/c15-9-2-1-3-10-12(9)13(17-8-16-10)21-5-4-14(22,7-21)11-6-18-20-19-11/h1-3,6,8,22H,4-5,7H2,(H,18,19,20)/t14-/m1/s1. The van der Waals surface area contributed by atoms with E-state index in [2.05, 4.69) is 25.4 Å². The minimum Gasteiger partial charge on any atom is -0.381 e. The van der Waals surface area contributed by atoms with Crippen molar-refractivity contribution in [3.8, 4) is 0 Å². The topological polar surface area (TPSA) is 90.8 Å². The fraction of sp³-hybridized carbons (Fsp3) is 0.286. The van der Waals surface area contributed by atoms with Crippen molar-refractivity contribution in [1.82, 2.24) is 25.4 Å². The maximum absolute atomic E-state index is 14.2. The summed E-state index contributed by atoms with van der Waals surface area (Å²) in [7, 11) is 0. The molecule has 1 aromatic carbocycles. The van der Waals surface area contributed by atoms with E-state index in [1.807, 2.05) is 4.90 Å². The molecule has 1 fully saturated rings. The first-order chi connectivity index (χ1) is 10.7. The highest BCUT2D eigenvalue weighted by atomic mass is 19.1. The van der Waals surface area contributed by atoms with Crippen LogP contribution in [-0.2, 0) is 5.60 Å². The fourth-order valence-corrected chi connectivity index (χ4v) is 2.90. The molecule has 0 bridgehead atoms. The van der Waals surface area contributed by atoms with E-state index in [0.717, 1.165) is 0 Å². The summed E-state index contributed by atoms with van der Waals surface area (Å²) in [5, 5.41) is 21.3. The molecule has 1 atom stereocenters. The number of nitrogens with one attached hydrogen (secondary N) is 1. The van der Waals surface area contributed by atoms with E-state index in [4.69, 9.17) is 0 Å². The van der Waals surface area contributed by atoms with Gasteiger partial charge in [-0.3, -0.25) is 0 Å². The maximum Gasteiger partial charge on any atom is 0.142 e. The van der Waals surface area contributed by atoms with Crippen molar-refractivity contribution in [3.05, 3.63) is 42.2 Å². The lowest BCUT2D eigenvalue weighted by Gasteiger charge is -2.22. The third-order valence-corrected chi connectivity index (χ3v) is 4.03. The summed E-state index contributed by atoms with van der Waals surface area (Å²) >= 11 is 0. The highest BCUT2D eigenvalue weighted by Gasteiger charge is 2.40. The number of anilines is 1. The molecule has 0 saturated carbocycles. The summed E-state index contributed by atoms with van der Waals surface area (Å²) in [5.74, 6) is 0.118. The van der Waals surface area contributed by atoms with E-state index < -0.39 is 5.60 Å². The first kappa shape index (κ1) is 13.1. The van der Waals surface area contributed by atoms with Gasteiger partial charge in [0, 0.05) is 13.0 Å². The highest BCUT2D eigenvalue weighted by molar-refractivity contribution is 5.90. The van der Waals surface area contributed by atoms with Gasteiger partial charge in [0.25, 0.3) is 0 Å². The third-order valence-electron chi connectivity index (χ3n) is 4.03. The van der Waals surface area contributed by atoms with Crippen LogP contribution >= 0.6 is 0 Å². The molecule has 0 spiro atoms. The van der Waals surface area contributed by atoms with Gasteiger partial charge in [-0.2, -0.15) is 15.4 Å². The van der Waals surface area contributed by atoms with E-state index in [0.29, 0.717) is 35.4 Å². The Labute approximate surface area is 124 Å². The largest absolute Gasteiger partial charge is 0.381 e. The number of β-amino-alcohol motifs (C(OH)–C–C–N with tert-alkyl or cyclic N) is 1. The summed E-state index contributed by atoms with van der Waals surface area (Å²) in [6.45, 7) is 0.823. The fourth-order valence-electron chi connectivity index (χ4n) is 2.90. The summed E-state index contributed by atoms with van der Waals surface area (Å²) in [6, 6.07) is 4.74. The van der Waals surface area contributed by atoms with Crippen LogP contribution in [0.2, 0.25) is 0 Å². The van der Waals surface area contributed by atoms with Crippen molar-refractivity contribution < 1.29 is 9.50 Å². The van der Waals surface area contributed by atoms with Crippen LogP contribution < -0.4 is 4.90 Å². The van der Waals surface area contributed by atoms with E-state index in [1.165, 1.54) is 18.6 Å². The summed E-state index contributed by atoms with van der Waals surface area (Å²) in [6.07, 6.45) is 3.38. The second-order valence-electron chi connectivity index (χ2n) is 5.39. The van der Waals surface area contributed by atoms with Crippen molar-refractivity contribution in [2.75, 3.05) is 18.0 Å². The van der Waals surface area contributed by atoms with Gasteiger partial charge in [0.15, 0.2) is 0 Å². The first-order valence-corrected chi connectivity index (χ1v) is 6.90. The Morgan fingerprint density at radius 3 is 3.05 bits per heavy atom. The number of benzene rings is 1. The van der Waals surface area contributed by atoms with Crippen LogP contribution in [0.5, 0.6) is 0 Å². The zero-order valence-corrected chi connectivity index (χ0v) is 11.6. The molecule has 22 heavy (non-hydrogen) atoms. The lowest BCUT2D eigenvalue weighted by molar-refractivity contribution is 0.0559. The van der Waals surface area contributed by atoms with Crippen LogP contribution in [0.15, 0.2) is 30.7 Å². The second-order valence-corrected chi connectivity index (χ2v) is 5.39. The summed E-state index contributed by atoms with van der Waals surface area (Å²) < 4.78 is 14.2. The van der Waals surface area contributed by atoms with Gasteiger partial charge in [-0.25, -0.2) is 14.4 Å². The quantitative estimate of drug-likeness (QED) is 0.733. The van der Waals surface area contributed by atoms with Crippen LogP contribution in [0, 0.1) is 5.82 Å². The minimum atomic E-state index is -1.12. The molecule has 2 aromatic heterocycles. The average molecular weight is 300 g/mol. The van der Waals surface area contributed by atoms with Crippen LogP contribution in [-0.4, -0.2) is 43.6 Å². The van der Waals surface area contributed by atoms with Crippen molar-refractivity contribution in [2.24, 2.45) is 0 Å². The van der Waals surface area contributed by atoms with E-state index in [-0.39, 0.29) is 12.4 Å². The Morgan fingerprint density at radius 2 is 2.23 bits per heavy atom. The second kappa shape index (κ2) is 4.70. The van der Waals surface area contributed by atoms with Gasteiger partial charge < -0.3 is 10.0 Å². The number of rotatable bonds is 2. The Morgan fingerprint density at radius 1 is 1.32 bits per heavy atom. The Balaban J connectivity index is 1.75. The van der Waals surface area contributed by atoms with Crippen LogP contribution in [0.4, 0.5) is 10.2 Å².